The third-order valence-corrected chi connectivity index (χ3v) is 2.54. The van der Waals surface area contributed by atoms with Gasteiger partial charge in [-0.2, -0.15) is 0 Å². The molecule has 0 radical (unpaired) electrons. The quantitative estimate of drug-likeness (QED) is 0.509. The Kier molecular flexibility index (Phi) is 3.30. The lowest BCUT2D eigenvalue weighted by Gasteiger charge is -2.05. The summed E-state index contributed by atoms with van der Waals surface area (Å²) in [5.41, 5.74) is 7.72. The highest BCUT2D eigenvalue weighted by atomic mass is 16.5. The van der Waals surface area contributed by atoms with Crippen molar-refractivity contribution >= 4 is 17.1 Å². The van der Waals surface area contributed by atoms with Crippen molar-refractivity contribution in [1.82, 2.24) is 0 Å². The lowest BCUT2D eigenvalue weighted by Crippen LogP contribution is -2.05. The summed E-state index contributed by atoms with van der Waals surface area (Å²) in [6, 6.07) is 14.2. The maximum absolute atomic E-state index is 9.12. The van der Waals surface area contributed by atoms with E-state index in [0.717, 1.165) is 17.1 Å². The molecule has 0 aromatic heterocycles. The van der Waals surface area contributed by atoms with E-state index in [4.69, 9.17) is 15.9 Å². The molecule has 0 amide bonds. The molecule has 2 aromatic rings. The third-order valence-electron chi connectivity index (χ3n) is 2.54. The summed E-state index contributed by atoms with van der Waals surface area (Å²) in [5, 5.41) is 13.8. The molecule has 2 N–H and O–H groups in total. The number of ether oxygens (including phenoxy) is 1. The number of benzene rings is 2. The fourth-order valence-electron chi connectivity index (χ4n) is 1.59. The molecule has 90 valence electrons. The Hall–Kier alpha value is -2.74. The average molecular weight is 241 g/mol. The Morgan fingerprint density at radius 3 is 1.94 bits per heavy atom. The highest BCUT2D eigenvalue weighted by molar-refractivity contribution is 5.66. The first-order chi connectivity index (χ1) is 8.74. The van der Waals surface area contributed by atoms with E-state index in [-0.39, 0.29) is 0 Å². The van der Waals surface area contributed by atoms with E-state index in [2.05, 4.69) is 5.08 Å². The van der Waals surface area contributed by atoms with Gasteiger partial charge in [0.1, 0.15) is 17.1 Å². The predicted molar refractivity (Wildman–Crippen MR) is 71.1 cm³/mol. The standard InChI is InChI=1S/C13H13N4O/c1-18-13-8-6-12(7-9-13)17(16-15)11-4-2-10(14)3-5-11/h2-9H,14H2,1H3/q+1. The van der Waals surface area contributed by atoms with Gasteiger partial charge in [0.15, 0.2) is 0 Å². The molecule has 0 unspecified atom stereocenters. The van der Waals surface area contributed by atoms with Gasteiger partial charge in [-0.25, -0.2) is 0 Å². The molecule has 5 nitrogen and oxygen atoms in total. The van der Waals surface area contributed by atoms with E-state index in [1.807, 2.05) is 0 Å². The summed E-state index contributed by atoms with van der Waals surface area (Å²) >= 11 is 0. The van der Waals surface area contributed by atoms with Crippen molar-refractivity contribution < 1.29 is 4.74 Å². The van der Waals surface area contributed by atoms with Gasteiger partial charge in [0.05, 0.1) is 7.11 Å². The van der Waals surface area contributed by atoms with Crippen molar-refractivity contribution in [2.75, 3.05) is 17.9 Å². The maximum Gasteiger partial charge on any atom is 0.316 e. The second-order valence-corrected chi connectivity index (χ2v) is 3.69. The summed E-state index contributed by atoms with van der Waals surface area (Å²) in [6.45, 7) is 0. The van der Waals surface area contributed by atoms with Crippen LogP contribution in [0.15, 0.2) is 48.5 Å². The summed E-state index contributed by atoms with van der Waals surface area (Å²) in [5.74, 6) is 0.744. The molecule has 2 rings (SSSR count). The lowest BCUT2D eigenvalue weighted by molar-refractivity contribution is 0.415. The Morgan fingerprint density at radius 1 is 1.00 bits per heavy atom. The van der Waals surface area contributed by atoms with Crippen LogP contribution in [0.4, 0.5) is 17.1 Å². The zero-order valence-electron chi connectivity index (χ0n) is 9.95. The Morgan fingerprint density at radius 2 is 1.50 bits per heavy atom. The normalized spacial score (nSPS) is 9.56. The van der Waals surface area contributed by atoms with Gasteiger partial charge in [-0.1, -0.05) is 0 Å². The topological polar surface area (TPSA) is 66.6 Å². The summed E-state index contributed by atoms with van der Waals surface area (Å²) in [4.78, 5) is 0. The number of methoxy groups -OCH3 is 1. The zero-order chi connectivity index (χ0) is 13.0. The van der Waals surface area contributed by atoms with Crippen molar-refractivity contribution in [3.63, 3.8) is 0 Å². The van der Waals surface area contributed by atoms with Gasteiger partial charge in [-0.3, -0.25) is 0 Å². The molecule has 0 saturated carbocycles. The molecule has 0 spiro atoms. The lowest BCUT2D eigenvalue weighted by atomic mass is 10.2. The molecule has 0 heterocycles. The average Bonchev–Trinajstić information content (AvgIpc) is 2.42. The minimum atomic E-state index is 0.659. The fourth-order valence-corrected chi connectivity index (χ4v) is 1.59. The summed E-state index contributed by atoms with van der Waals surface area (Å²) in [6.07, 6.45) is 0. The Labute approximate surface area is 105 Å². The molecule has 18 heavy (non-hydrogen) atoms. The van der Waals surface area contributed by atoms with Crippen molar-refractivity contribution in [3.8, 4) is 5.75 Å². The number of nitrogens with zero attached hydrogens (tertiary/aromatic N) is 3. The number of diazo groups is 1. The highest BCUT2D eigenvalue weighted by Crippen LogP contribution is 2.28. The van der Waals surface area contributed by atoms with Gasteiger partial charge >= 0.3 is 5.08 Å². The van der Waals surface area contributed by atoms with E-state index >= 15 is 0 Å². The molecule has 0 bridgehead atoms. The van der Waals surface area contributed by atoms with Crippen molar-refractivity contribution in [2.24, 2.45) is 0 Å². The molecule has 0 aliphatic carbocycles. The minimum absolute atomic E-state index is 0.659. The molecule has 2 aromatic carbocycles. The smallest absolute Gasteiger partial charge is 0.316 e. The summed E-state index contributed by atoms with van der Waals surface area (Å²) in [7, 11) is 1.60. The first kappa shape index (κ1) is 11.7. The van der Waals surface area contributed by atoms with Crippen LogP contribution in [0.5, 0.6) is 5.75 Å². The molecule has 0 saturated heterocycles. The van der Waals surface area contributed by atoms with Gasteiger partial charge in [0, 0.05) is 10.7 Å². The first-order valence-electron chi connectivity index (χ1n) is 5.39. The summed E-state index contributed by atoms with van der Waals surface area (Å²) < 4.78 is 5.08. The Bertz CT molecular complexity index is 557. The second kappa shape index (κ2) is 5.06. The number of hydrogen-bond donors (Lipinski definition) is 1. The maximum atomic E-state index is 9.12. The first-order valence-corrected chi connectivity index (χ1v) is 5.39. The molecule has 0 aliphatic heterocycles. The molecular weight excluding hydrogens is 228 g/mol. The van der Waals surface area contributed by atoms with Crippen LogP contribution in [0, 0.1) is 5.39 Å². The van der Waals surface area contributed by atoms with E-state index in [1.165, 1.54) is 5.01 Å². The van der Waals surface area contributed by atoms with Crippen LogP contribution in [0.2, 0.25) is 0 Å². The number of hydrogen-bond acceptors (Lipinski definition) is 4. The van der Waals surface area contributed by atoms with Gasteiger partial charge in [0.25, 0.3) is 5.39 Å². The van der Waals surface area contributed by atoms with Gasteiger partial charge in [-0.15, -0.1) is 0 Å². The van der Waals surface area contributed by atoms with Crippen molar-refractivity contribution in [2.45, 2.75) is 0 Å². The molecular formula is C13H13N4O+. The molecule has 0 fully saturated rings. The van der Waals surface area contributed by atoms with E-state index < -0.39 is 0 Å². The van der Waals surface area contributed by atoms with Gasteiger partial charge < -0.3 is 10.5 Å². The number of nitrogen functional groups attached to an aromatic ring is 1. The molecule has 0 aliphatic rings. The van der Waals surface area contributed by atoms with Crippen LogP contribution in [0.3, 0.4) is 0 Å². The third kappa shape index (κ3) is 2.33. The van der Waals surface area contributed by atoms with Crippen LogP contribution >= 0.6 is 0 Å². The number of rotatable bonds is 3. The van der Waals surface area contributed by atoms with Crippen molar-refractivity contribution in [1.29, 1.82) is 5.39 Å². The largest absolute Gasteiger partial charge is 0.497 e. The fraction of sp³-hybridized carbons (Fsp3) is 0.0769. The van der Waals surface area contributed by atoms with Crippen LogP contribution < -0.4 is 15.5 Å². The van der Waals surface area contributed by atoms with E-state index in [1.54, 1.807) is 55.6 Å². The van der Waals surface area contributed by atoms with Crippen LogP contribution in [-0.4, -0.2) is 7.11 Å². The van der Waals surface area contributed by atoms with Crippen LogP contribution in [-0.2, 0) is 0 Å². The van der Waals surface area contributed by atoms with Crippen molar-refractivity contribution in [3.05, 3.63) is 53.6 Å². The van der Waals surface area contributed by atoms with Gasteiger partial charge in [-0.05, 0) is 48.5 Å². The second-order valence-electron chi connectivity index (χ2n) is 3.69. The number of anilines is 3. The van der Waals surface area contributed by atoms with Gasteiger partial charge in [0.2, 0.25) is 0 Å². The number of nitrogens with two attached hydrogens (primary N) is 1. The van der Waals surface area contributed by atoms with Crippen LogP contribution in [0.1, 0.15) is 0 Å². The monoisotopic (exact) mass is 241 g/mol. The predicted octanol–water partition coefficient (Wildman–Crippen LogP) is 3.18. The Balaban J connectivity index is 2.33. The molecule has 0 atom stereocenters. The highest BCUT2D eigenvalue weighted by Gasteiger charge is 2.19. The van der Waals surface area contributed by atoms with E-state index in [9.17, 15) is 0 Å². The molecule has 5 heteroatoms. The van der Waals surface area contributed by atoms with Crippen LogP contribution in [0.25, 0.3) is 5.08 Å². The van der Waals surface area contributed by atoms with E-state index in [0.29, 0.717) is 5.69 Å². The minimum Gasteiger partial charge on any atom is -0.497 e. The SMILES string of the molecule is COc1ccc(N([N+]#N)c2ccc(N)cc2)cc1. The zero-order valence-corrected chi connectivity index (χ0v) is 9.95.